The molecule has 4 N–H and O–H groups in total. The maximum Gasteiger partial charge on any atom is 0.313 e. The van der Waals surface area contributed by atoms with Crippen LogP contribution >= 0.6 is 0 Å². The number of likely N-dealkylation sites (N-methyl/N-ethyl adjacent to an activating group) is 1. The number of anilines is 1. The van der Waals surface area contributed by atoms with Crippen LogP contribution in [0.3, 0.4) is 0 Å². The first-order chi connectivity index (χ1) is 13.9. The van der Waals surface area contributed by atoms with Crippen LogP contribution in [0.5, 0.6) is 0 Å². The quantitative estimate of drug-likeness (QED) is 0.492. The van der Waals surface area contributed by atoms with E-state index in [9.17, 15) is 18.4 Å². The van der Waals surface area contributed by atoms with Crippen LogP contribution in [0.2, 0.25) is 0 Å². The molecule has 1 saturated heterocycles. The van der Waals surface area contributed by atoms with Gasteiger partial charge in [0, 0.05) is 11.3 Å². The molecule has 1 aliphatic heterocycles. The van der Waals surface area contributed by atoms with Gasteiger partial charge < -0.3 is 20.4 Å². The van der Waals surface area contributed by atoms with E-state index in [1.165, 1.54) is 40.1 Å². The normalized spacial score (nSPS) is 20.0. The molecule has 0 spiro atoms. The van der Waals surface area contributed by atoms with E-state index < -0.39 is 17.6 Å². The molecule has 3 rings (SSSR count). The van der Waals surface area contributed by atoms with Crippen molar-refractivity contribution in [1.29, 1.82) is 0 Å². The van der Waals surface area contributed by atoms with Gasteiger partial charge >= 0.3 is 11.8 Å². The molecule has 0 unspecified atom stereocenters. The molecule has 0 aromatic heterocycles. The van der Waals surface area contributed by atoms with Crippen LogP contribution in [-0.4, -0.2) is 51.6 Å². The van der Waals surface area contributed by atoms with Gasteiger partial charge in [0.05, 0.1) is 13.6 Å². The minimum absolute atomic E-state index is 0.0883. The van der Waals surface area contributed by atoms with Gasteiger partial charge in [0.1, 0.15) is 43.9 Å². The average molecular weight is 404 g/mol. The standard InChI is InChI=1S/C21H24F2N4O2/c1-26-9-11-27(12-10-26)19(15-5-7-16(22)8-6-15)14-24-20(28)21(29)25-18-4-2-3-17(23)13-18/h2-8,13,19H,9-12,14H2,1H3,(H,24,28)(H,25,29)/p+2/t19-/m1/s1. The molecule has 29 heavy (non-hydrogen) atoms. The van der Waals surface area contributed by atoms with Crippen LogP contribution in [0.1, 0.15) is 11.6 Å². The van der Waals surface area contributed by atoms with Gasteiger partial charge in [0.15, 0.2) is 0 Å². The van der Waals surface area contributed by atoms with E-state index in [-0.39, 0.29) is 24.1 Å². The van der Waals surface area contributed by atoms with E-state index in [1.807, 2.05) is 0 Å². The lowest BCUT2D eigenvalue weighted by Gasteiger charge is -2.33. The van der Waals surface area contributed by atoms with Gasteiger partial charge in [0.2, 0.25) is 0 Å². The number of quaternary nitrogens is 2. The second-order valence-corrected chi connectivity index (χ2v) is 7.39. The Labute approximate surface area is 168 Å². The van der Waals surface area contributed by atoms with E-state index in [2.05, 4.69) is 17.7 Å². The van der Waals surface area contributed by atoms with Crippen molar-refractivity contribution in [2.24, 2.45) is 0 Å². The van der Waals surface area contributed by atoms with Crippen LogP contribution in [0.4, 0.5) is 14.5 Å². The van der Waals surface area contributed by atoms with Crippen LogP contribution in [0.15, 0.2) is 48.5 Å². The van der Waals surface area contributed by atoms with Crippen molar-refractivity contribution in [2.75, 3.05) is 45.1 Å². The summed E-state index contributed by atoms with van der Waals surface area (Å²) < 4.78 is 26.6. The lowest BCUT2D eigenvalue weighted by Crippen LogP contribution is -3.27. The number of hydrogen-bond donors (Lipinski definition) is 4. The van der Waals surface area contributed by atoms with Gasteiger partial charge in [-0.05, 0) is 30.3 Å². The van der Waals surface area contributed by atoms with Crippen molar-refractivity contribution < 1.29 is 28.2 Å². The van der Waals surface area contributed by atoms with E-state index in [1.54, 1.807) is 12.1 Å². The highest BCUT2D eigenvalue weighted by atomic mass is 19.1. The van der Waals surface area contributed by atoms with Crippen molar-refractivity contribution in [3.8, 4) is 0 Å². The Morgan fingerprint density at radius 2 is 1.66 bits per heavy atom. The Bertz CT molecular complexity index is 852. The molecule has 0 aliphatic carbocycles. The molecule has 0 radical (unpaired) electrons. The summed E-state index contributed by atoms with van der Waals surface area (Å²) in [6.07, 6.45) is 0. The van der Waals surface area contributed by atoms with Gasteiger partial charge in [-0.2, -0.15) is 0 Å². The monoisotopic (exact) mass is 404 g/mol. The van der Waals surface area contributed by atoms with Gasteiger partial charge in [-0.3, -0.25) is 9.59 Å². The van der Waals surface area contributed by atoms with Gasteiger partial charge in [-0.1, -0.05) is 18.2 Å². The lowest BCUT2D eigenvalue weighted by atomic mass is 10.0. The van der Waals surface area contributed by atoms with Crippen LogP contribution < -0.4 is 20.4 Å². The topological polar surface area (TPSA) is 67.1 Å². The molecule has 1 aliphatic rings. The molecule has 154 valence electrons. The van der Waals surface area contributed by atoms with Crippen molar-refractivity contribution in [3.05, 3.63) is 65.7 Å². The largest absolute Gasteiger partial charge is 0.341 e. The molecule has 1 atom stereocenters. The van der Waals surface area contributed by atoms with Crippen LogP contribution in [-0.2, 0) is 9.59 Å². The molecular weight excluding hydrogens is 378 g/mol. The first-order valence-corrected chi connectivity index (χ1v) is 9.68. The summed E-state index contributed by atoms with van der Waals surface area (Å²) in [5.74, 6) is -2.46. The van der Waals surface area contributed by atoms with E-state index in [4.69, 9.17) is 0 Å². The highest BCUT2D eigenvalue weighted by Gasteiger charge is 2.30. The highest BCUT2D eigenvalue weighted by Crippen LogP contribution is 2.11. The Morgan fingerprint density at radius 1 is 0.966 bits per heavy atom. The van der Waals surface area contributed by atoms with Gasteiger partial charge in [0.25, 0.3) is 0 Å². The summed E-state index contributed by atoms with van der Waals surface area (Å²) in [7, 11) is 2.14. The number of benzene rings is 2. The Hall–Kier alpha value is -2.84. The summed E-state index contributed by atoms with van der Waals surface area (Å²) in [6, 6.07) is 11.5. The second-order valence-electron chi connectivity index (χ2n) is 7.39. The number of halogens is 2. The Kier molecular flexibility index (Phi) is 6.90. The zero-order valence-electron chi connectivity index (χ0n) is 16.3. The number of amides is 2. The summed E-state index contributed by atoms with van der Waals surface area (Å²) in [5, 5.41) is 5.06. The van der Waals surface area contributed by atoms with Crippen molar-refractivity contribution in [3.63, 3.8) is 0 Å². The number of rotatable bonds is 5. The second kappa shape index (κ2) is 9.58. The third kappa shape index (κ3) is 5.82. The third-order valence-corrected chi connectivity index (χ3v) is 5.27. The summed E-state index contributed by atoms with van der Waals surface area (Å²) in [5.41, 5.74) is 1.12. The predicted octanol–water partition coefficient (Wildman–Crippen LogP) is -0.826. The van der Waals surface area contributed by atoms with Crippen LogP contribution in [0.25, 0.3) is 0 Å². The molecule has 0 saturated carbocycles. The summed E-state index contributed by atoms with van der Waals surface area (Å²) >= 11 is 0. The predicted molar refractivity (Wildman–Crippen MR) is 104 cm³/mol. The van der Waals surface area contributed by atoms with Gasteiger partial charge in [-0.15, -0.1) is 0 Å². The molecule has 2 aromatic rings. The SMILES string of the molecule is C[NH+]1CC[NH+]([C@H](CNC(=O)C(=O)Nc2cccc(F)c2)c2ccc(F)cc2)CC1. The number of nitrogens with one attached hydrogen (secondary N) is 4. The van der Waals surface area contributed by atoms with E-state index in [0.717, 1.165) is 37.8 Å². The highest BCUT2D eigenvalue weighted by molar-refractivity contribution is 6.39. The fourth-order valence-corrected chi connectivity index (χ4v) is 3.57. The van der Waals surface area contributed by atoms with Gasteiger partial charge in [-0.25, -0.2) is 8.78 Å². The van der Waals surface area contributed by atoms with E-state index >= 15 is 0 Å². The first kappa shape index (κ1) is 20.9. The summed E-state index contributed by atoms with van der Waals surface area (Å²) in [6.45, 7) is 4.08. The maximum absolute atomic E-state index is 13.3. The number of carbonyl (C=O) groups excluding carboxylic acids is 2. The Morgan fingerprint density at radius 3 is 2.31 bits per heavy atom. The minimum atomic E-state index is -0.855. The minimum Gasteiger partial charge on any atom is -0.341 e. The van der Waals surface area contributed by atoms with Crippen molar-refractivity contribution in [2.45, 2.75) is 6.04 Å². The molecular formula is C21H26F2N4O2+2. The van der Waals surface area contributed by atoms with Crippen molar-refractivity contribution in [1.82, 2.24) is 5.32 Å². The Balaban J connectivity index is 1.64. The fraction of sp³-hybridized carbons (Fsp3) is 0.333. The smallest absolute Gasteiger partial charge is 0.313 e. The number of carbonyl (C=O) groups is 2. The molecule has 0 bridgehead atoms. The zero-order valence-corrected chi connectivity index (χ0v) is 16.3. The van der Waals surface area contributed by atoms with Crippen LogP contribution in [0, 0.1) is 11.6 Å². The van der Waals surface area contributed by atoms with Crippen molar-refractivity contribution >= 4 is 17.5 Å². The fourth-order valence-electron chi connectivity index (χ4n) is 3.57. The molecule has 6 nitrogen and oxygen atoms in total. The number of hydrogen-bond acceptors (Lipinski definition) is 2. The molecule has 2 aromatic carbocycles. The maximum atomic E-state index is 13.3. The molecule has 8 heteroatoms. The first-order valence-electron chi connectivity index (χ1n) is 9.68. The third-order valence-electron chi connectivity index (χ3n) is 5.27. The number of piperazine rings is 1. The molecule has 1 heterocycles. The van der Waals surface area contributed by atoms with E-state index in [0.29, 0.717) is 0 Å². The molecule has 2 amide bonds. The average Bonchev–Trinajstić information content (AvgIpc) is 2.70. The summed E-state index contributed by atoms with van der Waals surface area (Å²) in [4.78, 5) is 27.1. The zero-order chi connectivity index (χ0) is 20.8. The molecule has 1 fully saturated rings. The lowest BCUT2D eigenvalue weighted by molar-refractivity contribution is -1.02.